The van der Waals surface area contributed by atoms with Crippen molar-refractivity contribution in [1.29, 1.82) is 0 Å². The second kappa shape index (κ2) is 8.03. The van der Waals surface area contributed by atoms with Gasteiger partial charge in [-0.1, -0.05) is 6.07 Å². The van der Waals surface area contributed by atoms with Crippen LogP contribution in [0, 0.1) is 6.92 Å². The molecule has 0 aliphatic carbocycles. The molecule has 0 saturated carbocycles. The van der Waals surface area contributed by atoms with Crippen molar-refractivity contribution in [2.24, 2.45) is 0 Å². The summed E-state index contributed by atoms with van der Waals surface area (Å²) in [7, 11) is 1.63. The van der Waals surface area contributed by atoms with E-state index in [0.29, 0.717) is 38.7 Å². The molecule has 0 aromatic carbocycles. The lowest BCUT2D eigenvalue weighted by Gasteiger charge is -2.32. The minimum Gasteiger partial charge on any atom is -0.383 e. The molecule has 1 amide bonds. The standard InChI is InChI=1S/C18H23N7O3/c1-13-4-3-5-24-14(11-19-17(13)24)10-16(26)23-6-9-28-15(12-23)18-20-21-22-25(18)7-8-27-2/h3-5,11,15H,6-10,12H2,1-2H3/t15-/m1/s1. The highest BCUT2D eigenvalue weighted by Crippen LogP contribution is 2.21. The van der Waals surface area contributed by atoms with Gasteiger partial charge in [-0.25, -0.2) is 9.67 Å². The Bertz CT molecular complexity index is 967. The van der Waals surface area contributed by atoms with Crippen LogP contribution in [0.1, 0.15) is 23.2 Å². The number of aryl methyl sites for hydroxylation is 1. The van der Waals surface area contributed by atoms with E-state index < -0.39 is 0 Å². The predicted molar refractivity (Wildman–Crippen MR) is 98.6 cm³/mol. The molecule has 3 aromatic rings. The molecule has 1 saturated heterocycles. The number of rotatable bonds is 6. The van der Waals surface area contributed by atoms with Gasteiger partial charge in [-0.3, -0.25) is 4.79 Å². The molecule has 0 bridgehead atoms. The molecule has 0 radical (unpaired) electrons. The van der Waals surface area contributed by atoms with Gasteiger partial charge in [0.05, 0.1) is 38.4 Å². The largest absolute Gasteiger partial charge is 0.383 e. The maximum Gasteiger partial charge on any atom is 0.228 e. The smallest absolute Gasteiger partial charge is 0.228 e. The van der Waals surface area contributed by atoms with E-state index in [0.717, 1.165) is 16.9 Å². The van der Waals surface area contributed by atoms with Gasteiger partial charge in [0.25, 0.3) is 0 Å². The first kappa shape index (κ1) is 18.5. The minimum absolute atomic E-state index is 0.0347. The van der Waals surface area contributed by atoms with Crippen molar-refractivity contribution in [3.05, 3.63) is 41.6 Å². The van der Waals surface area contributed by atoms with Gasteiger partial charge >= 0.3 is 0 Å². The predicted octanol–water partition coefficient (Wildman–Crippen LogP) is 0.418. The number of carbonyl (C=O) groups excluding carboxylic acids is 1. The fraction of sp³-hybridized carbons (Fsp3) is 0.500. The molecule has 0 unspecified atom stereocenters. The number of tetrazole rings is 1. The van der Waals surface area contributed by atoms with Crippen LogP contribution in [0.3, 0.4) is 0 Å². The quantitative estimate of drug-likeness (QED) is 0.606. The van der Waals surface area contributed by atoms with Crippen LogP contribution in [0.15, 0.2) is 24.5 Å². The fourth-order valence-electron chi connectivity index (χ4n) is 3.41. The number of amides is 1. The molecule has 1 aliphatic heterocycles. The van der Waals surface area contributed by atoms with Gasteiger partial charge < -0.3 is 18.8 Å². The Kier molecular flexibility index (Phi) is 5.31. The molecule has 148 valence electrons. The monoisotopic (exact) mass is 385 g/mol. The molecule has 10 heteroatoms. The average molecular weight is 385 g/mol. The molecule has 10 nitrogen and oxygen atoms in total. The Hall–Kier alpha value is -2.85. The molecule has 1 atom stereocenters. The number of ether oxygens (including phenoxy) is 2. The Morgan fingerprint density at radius 1 is 1.43 bits per heavy atom. The van der Waals surface area contributed by atoms with Crippen molar-refractivity contribution < 1.29 is 14.3 Å². The zero-order valence-corrected chi connectivity index (χ0v) is 16.0. The number of carbonyl (C=O) groups is 1. The summed E-state index contributed by atoms with van der Waals surface area (Å²) in [6.45, 7) is 4.45. The first-order valence-corrected chi connectivity index (χ1v) is 9.23. The van der Waals surface area contributed by atoms with Crippen molar-refractivity contribution in [2.75, 3.05) is 33.4 Å². The third-order valence-corrected chi connectivity index (χ3v) is 4.91. The number of methoxy groups -OCH3 is 1. The molecule has 4 heterocycles. The first-order chi connectivity index (χ1) is 13.7. The Morgan fingerprint density at radius 3 is 3.18 bits per heavy atom. The topological polar surface area (TPSA) is 99.7 Å². The van der Waals surface area contributed by atoms with E-state index in [2.05, 4.69) is 20.5 Å². The number of fused-ring (bicyclic) bond motifs is 1. The lowest BCUT2D eigenvalue weighted by atomic mass is 10.2. The highest BCUT2D eigenvalue weighted by atomic mass is 16.5. The lowest BCUT2D eigenvalue weighted by Crippen LogP contribution is -2.43. The summed E-state index contributed by atoms with van der Waals surface area (Å²) in [5, 5.41) is 11.8. The van der Waals surface area contributed by atoms with Gasteiger partial charge in [0.2, 0.25) is 5.91 Å². The summed E-state index contributed by atoms with van der Waals surface area (Å²) in [6.07, 6.45) is 3.63. The number of hydrogen-bond acceptors (Lipinski definition) is 7. The lowest BCUT2D eigenvalue weighted by molar-refractivity contribution is -0.138. The third-order valence-electron chi connectivity index (χ3n) is 4.91. The molecule has 3 aromatic heterocycles. The van der Waals surface area contributed by atoms with Crippen LogP contribution in [-0.2, 0) is 27.2 Å². The molecule has 28 heavy (non-hydrogen) atoms. The van der Waals surface area contributed by atoms with Gasteiger partial charge in [0, 0.05) is 26.0 Å². The molecule has 0 N–H and O–H groups in total. The van der Waals surface area contributed by atoms with Crippen LogP contribution >= 0.6 is 0 Å². The maximum absolute atomic E-state index is 12.9. The second-order valence-corrected chi connectivity index (χ2v) is 6.76. The van der Waals surface area contributed by atoms with Gasteiger partial charge in [-0.15, -0.1) is 5.10 Å². The second-order valence-electron chi connectivity index (χ2n) is 6.76. The average Bonchev–Trinajstić information content (AvgIpc) is 3.34. The van der Waals surface area contributed by atoms with Crippen molar-refractivity contribution in [3.8, 4) is 0 Å². The number of imidazole rings is 1. The maximum atomic E-state index is 12.9. The SMILES string of the molecule is COCCn1nnnc1[C@H]1CN(C(=O)Cc2cnc3c(C)cccn23)CCO1. The number of hydrogen-bond donors (Lipinski definition) is 0. The summed E-state index contributed by atoms with van der Waals surface area (Å²) in [4.78, 5) is 19.2. The van der Waals surface area contributed by atoms with E-state index >= 15 is 0 Å². The fourth-order valence-corrected chi connectivity index (χ4v) is 3.41. The van der Waals surface area contributed by atoms with Crippen LogP contribution in [0.2, 0.25) is 0 Å². The number of morpholine rings is 1. The van der Waals surface area contributed by atoms with E-state index in [1.807, 2.05) is 29.7 Å². The normalized spacial score (nSPS) is 17.4. The third kappa shape index (κ3) is 3.60. The molecular formula is C18H23N7O3. The Morgan fingerprint density at radius 2 is 2.32 bits per heavy atom. The van der Waals surface area contributed by atoms with Crippen LogP contribution in [0.5, 0.6) is 0 Å². The molecule has 0 spiro atoms. The molecule has 4 rings (SSSR count). The zero-order chi connectivity index (χ0) is 19.5. The van der Waals surface area contributed by atoms with E-state index in [1.54, 1.807) is 22.9 Å². The van der Waals surface area contributed by atoms with Gasteiger partial charge in [-0.05, 0) is 29.0 Å². The first-order valence-electron chi connectivity index (χ1n) is 9.23. The van der Waals surface area contributed by atoms with Crippen molar-refractivity contribution >= 4 is 11.6 Å². The summed E-state index contributed by atoms with van der Waals surface area (Å²) in [6, 6.07) is 3.97. The molecule has 1 fully saturated rings. The van der Waals surface area contributed by atoms with Crippen LogP contribution < -0.4 is 0 Å². The van der Waals surface area contributed by atoms with Crippen LogP contribution in [0.25, 0.3) is 5.65 Å². The van der Waals surface area contributed by atoms with Gasteiger partial charge in [0.1, 0.15) is 11.8 Å². The van der Waals surface area contributed by atoms with Crippen LogP contribution in [-0.4, -0.2) is 73.8 Å². The van der Waals surface area contributed by atoms with Crippen molar-refractivity contribution in [3.63, 3.8) is 0 Å². The van der Waals surface area contributed by atoms with Gasteiger partial charge in [-0.2, -0.15) is 0 Å². The highest BCUT2D eigenvalue weighted by molar-refractivity contribution is 5.78. The Labute approximate surface area is 162 Å². The van der Waals surface area contributed by atoms with E-state index in [-0.39, 0.29) is 18.4 Å². The summed E-state index contributed by atoms with van der Waals surface area (Å²) in [5.41, 5.74) is 2.83. The Balaban J connectivity index is 1.46. The van der Waals surface area contributed by atoms with Crippen LogP contribution in [0.4, 0.5) is 0 Å². The minimum atomic E-state index is -0.353. The number of pyridine rings is 1. The van der Waals surface area contributed by atoms with E-state index in [9.17, 15) is 4.79 Å². The van der Waals surface area contributed by atoms with Crippen molar-refractivity contribution in [2.45, 2.75) is 26.0 Å². The summed E-state index contributed by atoms with van der Waals surface area (Å²) in [5.74, 6) is 0.646. The van der Waals surface area contributed by atoms with E-state index in [4.69, 9.17) is 9.47 Å². The number of aromatic nitrogens is 6. The van der Waals surface area contributed by atoms with Gasteiger partial charge in [0.15, 0.2) is 5.82 Å². The molecule has 1 aliphatic rings. The van der Waals surface area contributed by atoms with Crippen molar-refractivity contribution in [1.82, 2.24) is 34.5 Å². The molecular weight excluding hydrogens is 362 g/mol. The summed E-state index contributed by atoms with van der Waals surface area (Å²) < 4.78 is 14.5. The number of nitrogens with zero attached hydrogens (tertiary/aromatic N) is 7. The van der Waals surface area contributed by atoms with E-state index in [1.165, 1.54) is 0 Å². The zero-order valence-electron chi connectivity index (χ0n) is 16.0. The summed E-state index contributed by atoms with van der Waals surface area (Å²) >= 11 is 0. The highest BCUT2D eigenvalue weighted by Gasteiger charge is 2.29.